The van der Waals surface area contributed by atoms with Crippen molar-refractivity contribution in [3.05, 3.63) is 180 Å². The fourth-order valence-corrected chi connectivity index (χ4v) is 11.0. The summed E-state index contributed by atoms with van der Waals surface area (Å²) in [6.45, 7) is 0. The first-order valence-corrected chi connectivity index (χ1v) is 24.7. The maximum atomic E-state index is 7.10. The summed E-state index contributed by atoms with van der Waals surface area (Å²) in [5, 5.41) is 0. The summed E-state index contributed by atoms with van der Waals surface area (Å²) < 4.78 is 0. The number of anilines is 2. The van der Waals surface area contributed by atoms with Crippen molar-refractivity contribution in [2.24, 2.45) is 55.5 Å². The lowest BCUT2D eigenvalue weighted by molar-refractivity contribution is 0.296. The van der Waals surface area contributed by atoms with Crippen molar-refractivity contribution in [1.29, 1.82) is 0 Å². The highest BCUT2D eigenvalue weighted by Gasteiger charge is 2.34. The average molecular weight is 871 g/mol. The normalized spacial score (nSPS) is 23.7. The van der Waals surface area contributed by atoms with Crippen molar-refractivity contribution < 1.29 is 0 Å². The van der Waals surface area contributed by atoms with Crippen LogP contribution in [0.5, 0.6) is 0 Å². The van der Waals surface area contributed by atoms with E-state index >= 15 is 0 Å². The number of nitrogens with two attached hydrogens (primary N) is 2. The van der Waals surface area contributed by atoms with Crippen molar-refractivity contribution in [1.82, 2.24) is 0 Å². The van der Waals surface area contributed by atoms with Crippen LogP contribution in [0.2, 0.25) is 0 Å². The van der Waals surface area contributed by atoms with Gasteiger partial charge in [0.1, 0.15) is 0 Å². The standard InChI is InChI=1S/C60H66N6/c61-52-33-28-50(29-34-52)60(49-26-22-46(23-27-49)42-65-55-14-8-3-9-15-55)57-38-51(32-37-58(57)62)59(47-24-20-45(21-25-47)41-64-54-12-6-2-7-13-54)48-30-35-56(36-31-48)66-40-44-18-16-43(17-19-44)39-63-53-10-4-1-5-11-53/h1-15,28-47,49,59-60H,16-27,61-62H2. The van der Waals surface area contributed by atoms with Gasteiger partial charge in [-0.05, 0) is 202 Å². The van der Waals surface area contributed by atoms with Gasteiger partial charge in [0.2, 0.25) is 0 Å². The van der Waals surface area contributed by atoms with E-state index in [1.807, 2.05) is 30.3 Å². The summed E-state index contributed by atoms with van der Waals surface area (Å²) in [6.07, 6.45) is 22.4. The first-order chi connectivity index (χ1) is 32.5. The summed E-state index contributed by atoms with van der Waals surface area (Å²) in [6, 6.07) is 55.7. The quantitative estimate of drug-likeness (QED) is 0.0841. The summed E-state index contributed by atoms with van der Waals surface area (Å²) in [5.74, 6) is 3.35. The van der Waals surface area contributed by atoms with Crippen LogP contribution in [0.4, 0.5) is 34.1 Å². The fourth-order valence-electron chi connectivity index (χ4n) is 11.0. The molecule has 6 aromatic carbocycles. The summed E-state index contributed by atoms with van der Waals surface area (Å²) >= 11 is 0. The lowest BCUT2D eigenvalue weighted by atomic mass is 9.68. The van der Waals surface area contributed by atoms with Gasteiger partial charge in [-0.25, -0.2) is 0 Å². The van der Waals surface area contributed by atoms with Gasteiger partial charge in [0.15, 0.2) is 0 Å². The van der Waals surface area contributed by atoms with Gasteiger partial charge in [0.25, 0.3) is 0 Å². The van der Waals surface area contributed by atoms with E-state index in [9.17, 15) is 0 Å². The molecule has 3 saturated carbocycles. The average Bonchev–Trinajstić information content (AvgIpc) is 3.38. The minimum absolute atomic E-state index is 0.172. The molecule has 4 N–H and O–H groups in total. The molecule has 0 saturated heterocycles. The van der Waals surface area contributed by atoms with Crippen molar-refractivity contribution in [2.45, 2.75) is 88.9 Å². The first-order valence-electron chi connectivity index (χ1n) is 24.7. The number of rotatable bonds is 14. The maximum absolute atomic E-state index is 7.10. The van der Waals surface area contributed by atoms with Gasteiger partial charge in [-0.15, -0.1) is 0 Å². The Bertz CT molecular complexity index is 2520. The Morgan fingerprint density at radius 2 is 0.682 bits per heavy atom. The molecule has 2 unspecified atom stereocenters. The van der Waals surface area contributed by atoms with Crippen LogP contribution in [-0.2, 0) is 0 Å². The lowest BCUT2D eigenvalue weighted by Gasteiger charge is -2.36. The third-order valence-electron chi connectivity index (χ3n) is 14.8. The molecule has 6 aromatic rings. The highest BCUT2D eigenvalue weighted by atomic mass is 14.7. The number of nitrogens with zero attached hydrogens (tertiary/aromatic N) is 4. The Morgan fingerprint density at radius 1 is 0.348 bits per heavy atom. The van der Waals surface area contributed by atoms with Crippen LogP contribution >= 0.6 is 0 Å². The van der Waals surface area contributed by atoms with Gasteiger partial charge >= 0.3 is 0 Å². The Labute approximate surface area is 393 Å². The van der Waals surface area contributed by atoms with Crippen LogP contribution < -0.4 is 11.5 Å². The van der Waals surface area contributed by atoms with E-state index in [1.54, 1.807) is 0 Å². The molecule has 6 nitrogen and oxygen atoms in total. The van der Waals surface area contributed by atoms with Gasteiger partial charge in [-0.2, -0.15) is 0 Å². The first kappa shape index (κ1) is 44.8. The molecule has 2 atom stereocenters. The van der Waals surface area contributed by atoms with Gasteiger partial charge in [-0.3, -0.25) is 20.0 Å². The molecule has 66 heavy (non-hydrogen) atoms. The number of aliphatic imine (C=N–C) groups is 4. The minimum Gasteiger partial charge on any atom is -0.399 e. The monoisotopic (exact) mass is 871 g/mol. The molecule has 336 valence electrons. The van der Waals surface area contributed by atoms with Crippen LogP contribution in [0, 0.1) is 35.5 Å². The highest BCUT2D eigenvalue weighted by molar-refractivity contribution is 5.69. The third kappa shape index (κ3) is 11.9. The topological polar surface area (TPSA) is 101 Å². The van der Waals surface area contributed by atoms with E-state index in [4.69, 9.17) is 31.4 Å². The van der Waals surface area contributed by atoms with E-state index in [-0.39, 0.29) is 11.8 Å². The Hall–Kier alpha value is -6.40. The van der Waals surface area contributed by atoms with Gasteiger partial charge in [0, 0.05) is 48.1 Å². The van der Waals surface area contributed by atoms with Crippen molar-refractivity contribution in [3.8, 4) is 0 Å². The molecule has 3 aliphatic rings. The number of hydrogen-bond acceptors (Lipinski definition) is 6. The minimum atomic E-state index is 0.172. The zero-order chi connectivity index (χ0) is 44.9. The molecule has 0 heterocycles. The number of nitrogen functional groups attached to an aromatic ring is 2. The largest absolute Gasteiger partial charge is 0.399 e. The molecule has 9 rings (SSSR count). The second kappa shape index (κ2) is 22.2. The smallest absolute Gasteiger partial charge is 0.0626 e. The fraction of sp³-hybridized carbons (Fsp3) is 0.333. The highest BCUT2D eigenvalue weighted by Crippen LogP contribution is 2.47. The van der Waals surface area contributed by atoms with E-state index in [0.29, 0.717) is 35.5 Å². The lowest BCUT2D eigenvalue weighted by Crippen LogP contribution is -2.24. The molecule has 0 amide bonds. The Balaban J connectivity index is 0.951. The maximum Gasteiger partial charge on any atom is 0.0626 e. The molecule has 0 aromatic heterocycles. The van der Waals surface area contributed by atoms with Gasteiger partial charge in [0.05, 0.1) is 22.7 Å². The van der Waals surface area contributed by atoms with Gasteiger partial charge in [-0.1, -0.05) is 91.0 Å². The molecule has 3 fully saturated rings. The number of benzene rings is 6. The molecule has 0 radical (unpaired) electrons. The van der Waals surface area contributed by atoms with Crippen LogP contribution in [0.25, 0.3) is 0 Å². The molecule has 6 heteroatoms. The van der Waals surface area contributed by atoms with Crippen molar-refractivity contribution in [3.63, 3.8) is 0 Å². The molecule has 0 bridgehead atoms. The summed E-state index contributed by atoms with van der Waals surface area (Å²) in [5.41, 5.74) is 24.4. The summed E-state index contributed by atoms with van der Waals surface area (Å²) in [4.78, 5) is 19.5. The molecular weight excluding hydrogens is 805 g/mol. The van der Waals surface area contributed by atoms with E-state index < -0.39 is 0 Å². The Morgan fingerprint density at radius 3 is 1.11 bits per heavy atom. The van der Waals surface area contributed by atoms with Crippen LogP contribution in [0.3, 0.4) is 0 Å². The van der Waals surface area contributed by atoms with Crippen molar-refractivity contribution in [2.75, 3.05) is 11.5 Å². The van der Waals surface area contributed by atoms with Crippen LogP contribution in [0.1, 0.15) is 111 Å². The van der Waals surface area contributed by atoms with Crippen molar-refractivity contribution >= 4 is 59.0 Å². The zero-order valence-corrected chi connectivity index (χ0v) is 38.4. The van der Waals surface area contributed by atoms with E-state index in [0.717, 1.165) is 111 Å². The Kier molecular flexibility index (Phi) is 15.1. The third-order valence-corrected chi connectivity index (χ3v) is 14.8. The molecule has 3 aliphatic carbocycles. The van der Waals surface area contributed by atoms with E-state index in [1.165, 1.54) is 22.3 Å². The molecule has 0 spiro atoms. The zero-order valence-electron chi connectivity index (χ0n) is 38.4. The van der Waals surface area contributed by atoms with E-state index in [2.05, 4.69) is 152 Å². The summed E-state index contributed by atoms with van der Waals surface area (Å²) in [7, 11) is 0. The van der Waals surface area contributed by atoms with Gasteiger partial charge < -0.3 is 11.5 Å². The number of hydrogen-bond donors (Lipinski definition) is 2. The number of para-hydroxylation sites is 3. The molecular formula is C60H66N6. The van der Waals surface area contributed by atoms with Crippen LogP contribution in [0.15, 0.2) is 178 Å². The SMILES string of the molecule is Nc1ccc(C(c2cc(C(c3ccc(N=CC4CCC(C=Nc5ccccc5)CC4)cc3)C3CCC(C=Nc4ccccc4)CC3)ccc2N)C2CCC(C=Nc3ccccc3)CC2)cc1. The second-order valence-electron chi connectivity index (χ2n) is 19.2. The predicted molar refractivity (Wildman–Crippen MR) is 280 cm³/mol. The molecule has 0 aliphatic heterocycles. The predicted octanol–water partition coefficient (Wildman–Crippen LogP) is 15.4. The second-order valence-corrected chi connectivity index (χ2v) is 19.2. The van der Waals surface area contributed by atoms with Crippen LogP contribution in [-0.4, -0.2) is 24.9 Å².